The number of H-pyrrole nitrogens is 1. The average molecular weight is 305 g/mol. The minimum absolute atomic E-state index is 0.0344. The van der Waals surface area contributed by atoms with Gasteiger partial charge in [0.2, 0.25) is 0 Å². The lowest BCUT2D eigenvalue weighted by atomic mass is 10.1. The number of ether oxygens (including phenoxy) is 1. The molecule has 0 saturated heterocycles. The van der Waals surface area contributed by atoms with Crippen molar-refractivity contribution in [1.82, 2.24) is 25.3 Å². The zero-order chi connectivity index (χ0) is 15.9. The molecule has 1 amide bonds. The molecule has 0 aromatic carbocycles. The number of aryl methyl sites for hydroxylation is 1. The van der Waals surface area contributed by atoms with Gasteiger partial charge in [-0.3, -0.25) is 14.6 Å². The first-order valence-electron chi connectivity index (χ1n) is 7.56. The van der Waals surface area contributed by atoms with E-state index in [0.29, 0.717) is 17.8 Å². The highest BCUT2D eigenvalue weighted by molar-refractivity contribution is 5.99. The van der Waals surface area contributed by atoms with E-state index in [2.05, 4.69) is 27.5 Å². The number of nitrogens with one attached hydrogen (secondary N) is 2. The first-order chi connectivity index (χ1) is 10.7. The van der Waals surface area contributed by atoms with E-state index in [9.17, 15) is 4.79 Å². The Labute approximate surface area is 130 Å². The number of carbonyl (C=O) groups excluding carboxylic acids is 1. The highest BCUT2D eigenvalue weighted by Gasteiger charge is 2.17. The molecule has 0 fully saturated rings. The van der Waals surface area contributed by atoms with Gasteiger partial charge in [0.25, 0.3) is 5.91 Å². The summed E-state index contributed by atoms with van der Waals surface area (Å²) in [5.74, 6) is -0.161. The zero-order valence-corrected chi connectivity index (χ0v) is 13.3. The fourth-order valence-electron chi connectivity index (χ4n) is 2.27. The van der Waals surface area contributed by atoms with E-state index in [1.165, 1.54) is 6.20 Å². The molecule has 2 aromatic heterocycles. The van der Waals surface area contributed by atoms with Gasteiger partial charge >= 0.3 is 0 Å². The van der Waals surface area contributed by atoms with Crippen molar-refractivity contribution in [2.75, 3.05) is 13.7 Å². The Balaban J connectivity index is 2.06. The van der Waals surface area contributed by atoms with Crippen molar-refractivity contribution in [1.29, 1.82) is 0 Å². The Kier molecular flexibility index (Phi) is 5.71. The summed E-state index contributed by atoms with van der Waals surface area (Å²) in [6, 6.07) is 0. The van der Waals surface area contributed by atoms with Crippen LogP contribution in [0.3, 0.4) is 0 Å². The number of nitrogens with zero attached hydrogens (tertiary/aromatic N) is 3. The third-order valence-corrected chi connectivity index (χ3v) is 3.56. The maximum Gasteiger partial charge on any atom is 0.255 e. The molecule has 0 aliphatic carbocycles. The van der Waals surface area contributed by atoms with Crippen molar-refractivity contribution in [2.45, 2.75) is 39.3 Å². The Morgan fingerprint density at radius 1 is 1.45 bits per heavy atom. The van der Waals surface area contributed by atoms with Crippen LogP contribution < -0.4 is 5.32 Å². The summed E-state index contributed by atoms with van der Waals surface area (Å²) < 4.78 is 7.15. The van der Waals surface area contributed by atoms with Gasteiger partial charge in [-0.1, -0.05) is 13.3 Å². The van der Waals surface area contributed by atoms with Crippen molar-refractivity contribution in [3.05, 3.63) is 24.2 Å². The van der Waals surface area contributed by atoms with E-state index in [-0.39, 0.29) is 12.0 Å². The van der Waals surface area contributed by atoms with Crippen molar-refractivity contribution in [3.63, 3.8) is 0 Å². The highest BCUT2D eigenvalue weighted by atomic mass is 16.5. The van der Waals surface area contributed by atoms with Crippen molar-refractivity contribution >= 4 is 5.91 Å². The molecule has 7 heteroatoms. The number of carbonyl (C=O) groups is 1. The monoisotopic (exact) mass is 305 g/mol. The molecule has 2 rings (SSSR count). The van der Waals surface area contributed by atoms with E-state index in [4.69, 9.17) is 4.74 Å². The largest absolute Gasteiger partial charge is 0.380 e. The average Bonchev–Trinajstić information content (AvgIpc) is 3.18. The normalized spacial score (nSPS) is 12.3. The van der Waals surface area contributed by atoms with Crippen LogP contribution in [0.1, 0.15) is 37.0 Å². The maximum atomic E-state index is 12.3. The number of methoxy groups -OCH3 is 1. The molecule has 0 bridgehead atoms. The van der Waals surface area contributed by atoms with Crippen molar-refractivity contribution in [3.8, 4) is 11.3 Å². The Morgan fingerprint density at radius 2 is 2.27 bits per heavy atom. The van der Waals surface area contributed by atoms with Crippen LogP contribution in [0.2, 0.25) is 0 Å². The van der Waals surface area contributed by atoms with Crippen LogP contribution in [0.4, 0.5) is 0 Å². The van der Waals surface area contributed by atoms with E-state index in [0.717, 1.165) is 24.9 Å². The summed E-state index contributed by atoms with van der Waals surface area (Å²) in [7, 11) is 1.66. The number of rotatable bonds is 8. The number of aromatic amines is 1. The molecule has 2 N–H and O–H groups in total. The third kappa shape index (κ3) is 3.73. The van der Waals surface area contributed by atoms with E-state index < -0.39 is 0 Å². The van der Waals surface area contributed by atoms with Crippen LogP contribution in [0.25, 0.3) is 11.3 Å². The Hall–Kier alpha value is -2.15. The lowest BCUT2D eigenvalue weighted by Gasteiger charge is -2.14. The molecule has 0 aliphatic rings. The topological polar surface area (TPSA) is 84.8 Å². The lowest BCUT2D eigenvalue weighted by molar-refractivity contribution is 0.0795. The van der Waals surface area contributed by atoms with Crippen molar-refractivity contribution in [2.24, 2.45) is 0 Å². The van der Waals surface area contributed by atoms with E-state index >= 15 is 0 Å². The standard InChI is InChI=1S/C15H23N5O2/c1-4-6-12(22-3)8-16-15(21)13-9-17-19-14(13)11-7-18-20(5-2)10-11/h7,9-10,12H,4-6,8H2,1-3H3,(H,16,21)(H,17,19). The molecule has 0 radical (unpaired) electrons. The number of hydrogen-bond donors (Lipinski definition) is 2. The fourth-order valence-corrected chi connectivity index (χ4v) is 2.27. The molecule has 0 aliphatic heterocycles. The Morgan fingerprint density at radius 3 is 2.91 bits per heavy atom. The molecule has 7 nitrogen and oxygen atoms in total. The van der Waals surface area contributed by atoms with Gasteiger partial charge in [-0.05, 0) is 13.3 Å². The maximum absolute atomic E-state index is 12.3. The van der Waals surface area contributed by atoms with Crippen LogP contribution in [0.5, 0.6) is 0 Å². The van der Waals surface area contributed by atoms with Gasteiger partial charge in [-0.15, -0.1) is 0 Å². The molecule has 22 heavy (non-hydrogen) atoms. The summed E-state index contributed by atoms with van der Waals surface area (Å²) >= 11 is 0. The second-order valence-corrected chi connectivity index (χ2v) is 5.10. The minimum atomic E-state index is -0.161. The minimum Gasteiger partial charge on any atom is -0.380 e. The van der Waals surface area contributed by atoms with E-state index in [1.54, 1.807) is 18.0 Å². The summed E-state index contributed by atoms with van der Waals surface area (Å²) in [5, 5.41) is 14.0. The van der Waals surface area contributed by atoms with Gasteiger partial charge in [0.05, 0.1) is 29.8 Å². The lowest BCUT2D eigenvalue weighted by Crippen LogP contribution is -2.33. The summed E-state index contributed by atoms with van der Waals surface area (Å²) in [6.45, 7) is 5.37. The number of amides is 1. The molecule has 0 saturated carbocycles. The molecule has 120 valence electrons. The SMILES string of the molecule is CCCC(CNC(=O)c1cn[nH]c1-c1cnn(CC)c1)OC. The Bertz CT molecular complexity index is 605. The third-order valence-electron chi connectivity index (χ3n) is 3.56. The molecule has 2 heterocycles. The molecular weight excluding hydrogens is 282 g/mol. The fraction of sp³-hybridized carbons (Fsp3) is 0.533. The first kappa shape index (κ1) is 16.2. The molecule has 1 atom stereocenters. The van der Waals surface area contributed by atoms with Crippen LogP contribution in [-0.2, 0) is 11.3 Å². The van der Waals surface area contributed by atoms with Crippen molar-refractivity contribution < 1.29 is 9.53 Å². The van der Waals surface area contributed by atoms with Gasteiger partial charge in [0.1, 0.15) is 0 Å². The van der Waals surface area contributed by atoms with Gasteiger partial charge < -0.3 is 10.1 Å². The smallest absolute Gasteiger partial charge is 0.255 e. The summed E-state index contributed by atoms with van der Waals surface area (Å²) in [4.78, 5) is 12.3. The van der Waals surface area contributed by atoms with E-state index in [1.807, 2.05) is 13.1 Å². The molecule has 2 aromatic rings. The highest BCUT2D eigenvalue weighted by Crippen LogP contribution is 2.20. The predicted octanol–water partition coefficient (Wildman–Crippen LogP) is 1.84. The molecular formula is C15H23N5O2. The molecule has 1 unspecified atom stereocenters. The van der Waals surface area contributed by atoms with Crippen LogP contribution in [0, 0.1) is 0 Å². The van der Waals surface area contributed by atoms with Crippen LogP contribution in [0.15, 0.2) is 18.6 Å². The zero-order valence-electron chi connectivity index (χ0n) is 13.3. The number of aromatic nitrogens is 4. The quantitative estimate of drug-likeness (QED) is 0.779. The second-order valence-electron chi connectivity index (χ2n) is 5.10. The first-order valence-corrected chi connectivity index (χ1v) is 7.56. The summed E-state index contributed by atoms with van der Waals surface area (Å²) in [5.41, 5.74) is 2.05. The van der Waals surface area contributed by atoms with Gasteiger partial charge in [0.15, 0.2) is 0 Å². The summed E-state index contributed by atoms with van der Waals surface area (Å²) in [6.07, 6.45) is 7.12. The van der Waals surface area contributed by atoms with Gasteiger partial charge in [-0.2, -0.15) is 10.2 Å². The molecule has 0 spiro atoms. The van der Waals surface area contributed by atoms with Gasteiger partial charge in [-0.25, -0.2) is 0 Å². The number of hydrogen-bond acceptors (Lipinski definition) is 4. The predicted molar refractivity (Wildman–Crippen MR) is 83.5 cm³/mol. The van der Waals surface area contributed by atoms with Crippen LogP contribution in [-0.4, -0.2) is 45.6 Å². The van der Waals surface area contributed by atoms with Gasteiger partial charge in [0, 0.05) is 32.0 Å². The van der Waals surface area contributed by atoms with Crippen LogP contribution >= 0.6 is 0 Å². The second kappa shape index (κ2) is 7.74.